The molecule has 108 valence electrons. The molecule has 0 aliphatic heterocycles. The lowest BCUT2D eigenvalue weighted by atomic mass is 9.84. The highest BCUT2D eigenvalue weighted by atomic mass is 35.5. The second kappa shape index (κ2) is 6.94. The normalized spacial score (nSPS) is 16.4. The van der Waals surface area contributed by atoms with Crippen LogP contribution < -0.4 is 5.32 Å². The molecule has 0 fully saturated rings. The minimum Gasteiger partial charge on any atom is -0.315 e. The lowest BCUT2D eigenvalue weighted by Crippen LogP contribution is -2.57. The number of hydrogen-bond acceptors (Lipinski definition) is 2. The number of hydrogen-bond donors (Lipinski definition) is 1. The van der Waals surface area contributed by atoms with Crippen LogP contribution in [0, 0.1) is 0 Å². The molecular weight excluding hydrogens is 279 g/mol. The van der Waals surface area contributed by atoms with Crippen LogP contribution in [0.4, 0.5) is 0 Å². The molecule has 1 rings (SSSR count). The lowest BCUT2D eigenvalue weighted by molar-refractivity contribution is 0.116. The van der Waals surface area contributed by atoms with Crippen molar-refractivity contribution in [3.05, 3.63) is 33.8 Å². The number of rotatable bonds is 6. The van der Waals surface area contributed by atoms with Crippen molar-refractivity contribution in [1.82, 2.24) is 10.2 Å². The smallest absolute Gasteiger partial charge is 0.0439 e. The van der Waals surface area contributed by atoms with E-state index in [4.69, 9.17) is 23.2 Å². The first-order valence-electron chi connectivity index (χ1n) is 6.63. The molecule has 0 saturated carbocycles. The summed E-state index contributed by atoms with van der Waals surface area (Å²) in [4.78, 5) is 2.27. The van der Waals surface area contributed by atoms with Crippen LogP contribution in [0.2, 0.25) is 10.0 Å². The van der Waals surface area contributed by atoms with Gasteiger partial charge in [-0.2, -0.15) is 0 Å². The Balaban J connectivity index is 3.02. The second-order valence-corrected chi connectivity index (χ2v) is 6.23. The Morgan fingerprint density at radius 3 is 2.42 bits per heavy atom. The predicted octanol–water partition coefficient (Wildman–Crippen LogP) is 3.85. The van der Waals surface area contributed by atoms with Gasteiger partial charge in [-0.3, -0.25) is 0 Å². The van der Waals surface area contributed by atoms with E-state index in [1.165, 1.54) is 0 Å². The monoisotopic (exact) mass is 302 g/mol. The van der Waals surface area contributed by atoms with Gasteiger partial charge in [-0.15, -0.1) is 0 Å². The van der Waals surface area contributed by atoms with Gasteiger partial charge < -0.3 is 10.2 Å². The van der Waals surface area contributed by atoms with Gasteiger partial charge in [0.1, 0.15) is 0 Å². The summed E-state index contributed by atoms with van der Waals surface area (Å²) in [5, 5.41) is 4.94. The van der Waals surface area contributed by atoms with Gasteiger partial charge in [0.2, 0.25) is 0 Å². The van der Waals surface area contributed by atoms with Crippen LogP contribution in [0.5, 0.6) is 0 Å². The number of benzene rings is 1. The Morgan fingerprint density at radius 1 is 1.32 bits per heavy atom. The average Bonchev–Trinajstić information content (AvgIpc) is 2.38. The predicted molar refractivity (Wildman–Crippen MR) is 85.4 cm³/mol. The average molecular weight is 303 g/mol. The highest BCUT2D eigenvalue weighted by Gasteiger charge is 2.34. The Kier molecular flexibility index (Phi) is 6.13. The van der Waals surface area contributed by atoms with E-state index in [0.29, 0.717) is 6.04 Å². The molecule has 0 amide bonds. The third-order valence-corrected chi connectivity index (χ3v) is 4.87. The molecule has 0 bridgehead atoms. The zero-order valence-corrected chi connectivity index (χ0v) is 13.9. The van der Waals surface area contributed by atoms with E-state index in [1.54, 1.807) is 0 Å². The standard InChI is InChI=1S/C15H24Cl2N2/c1-6-15(2,19(4)5)14(18-3)10-11-9-12(16)7-8-13(11)17/h7-9,14,18H,6,10H2,1-5H3. The molecule has 0 aromatic heterocycles. The van der Waals surface area contributed by atoms with Crippen molar-refractivity contribution < 1.29 is 0 Å². The third-order valence-electron chi connectivity index (χ3n) is 4.27. The zero-order valence-electron chi connectivity index (χ0n) is 12.4. The summed E-state index contributed by atoms with van der Waals surface area (Å²) < 4.78 is 0. The Labute approximate surface area is 127 Å². The number of halogens is 2. The molecule has 19 heavy (non-hydrogen) atoms. The number of nitrogens with one attached hydrogen (secondary N) is 1. The van der Waals surface area contributed by atoms with Crippen molar-refractivity contribution in [2.24, 2.45) is 0 Å². The maximum absolute atomic E-state index is 6.27. The van der Waals surface area contributed by atoms with Gasteiger partial charge in [0, 0.05) is 21.6 Å². The van der Waals surface area contributed by atoms with Gasteiger partial charge in [-0.25, -0.2) is 0 Å². The minimum absolute atomic E-state index is 0.0698. The van der Waals surface area contributed by atoms with Crippen molar-refractivity contribution in [2.75, 3.05) is 21.1 Å². The summed E-state index contributed by atoms with van der Waals surface area (Å²) in [6.45, 7) is 4.48. The fourth-order valence-electron chi connectivity index (χ4n) is 2.43. The quantitative estimate of drug-likeness (QED) is 0.858. The largest absolute Gasteiger partial charge is 0.315 e. The molecule has 0 aliphatic rings. The van der Waals surface area contributed by atoms with Crippen LogP contribution in [-0.2, 0) is 6.42 Å². The van der Waals surface area contributed by atoms with Crippen LogP contribution in [0.1, 0.15) is 25.8 Å². The molecular formula is C15H24Cl2N2. The molecule has 4 heteroatoms. The molecule has 1 aromatic rings. The molecule has 1 aromatic carbocycles. The SMILES string of the molecule is CCC(C)(C(Cc1cc(Cl)ccc1Cl)NC)N(C)C. The van der Waals surface area contributed by atoms with E-state index < -0.39 is 0 Å². The first-order valence-corrected chi connectivity index (χ1v) is 7.39. The van der Waals surface area contributed by atoms with Crippen molar-refractivity contribution in [1.29, 1.82) is 0 Å². The first kappa shape index (κ1) is 16.8. The van der Waals surface area contributed by atoms with Crippen molar-refractivity contribution >= 4 is 23.2 Å². The number of nitrogens with zero attached hydrogens (tertiary/aromatic N) is 1. The molecule has 0 spiro atoms. The summed E-state index contributed by atoms with van der Waals surface area (Å²) in [5.74, 6) is 0. The maximum atomic E-state index is 6.27. The summed E-state index contributed by atoms with van der Waals surface area (Å²) in [5.41, 5.74) is 1.16. The van der Waals surface area contributed by atoms with Gasteiger partial charge in [-0.1, -0.05) is 30.1 Å². The molecule has 0 heterocycles. The van der Waals surface area contributed by atoms with Crippen molar-refractivity contribution in [3.63, 3.8) is 0 Å². The van der Waals surface area contributed by atoms with E-state index in [9.17, 15) is 0 Å². The van der Waals surface area contributed by atoms with Gasteiger partial charge in [-0.05, 0) is 64.7 Å². The van der Waals surface area contributed by atoms with E-state index >= 15 is 0 Å². The van der Waals surface area contributed by atoms with Crippen LogP contribution in [0.25, 0.3) is 0 Å². The summed E-state index contributed by atoms with van der Waals surface area (Å²) in [7, 11) is 6.24. The molecule has 0 aliphatic carbocycles. The first-order chi connectivity index (χ1) is 8.85. The van der Waals surface area contributed by atoms with Gasteiger partial charge in [0.25, 0.3) is 0 Å². The Morgan fingerprint density at radius 2 is 1.95 bits per heavy atom. The lowest BCUT2D eigenvalue weighted by Gasteiger charge is -2.43. The van der Waals surface area contributed by atoms with E-state index in [1.807, 2.05) is 25.2 Å². The zero-order chi connectivity index (χ0) is 14.6. The number of likely N-dealkylation sites (N-methyl/N-ethyl adjacent to an activating group) is 2. The fraction of sp³-hybridized carbons (Fsp3) is 0.600. The second-order valence-electron chi connectivity index (χ2n) is 5.39. The van der Waals surface area contributed by atoms with Crippen LogP contribution >= 0.6 is 23.2 Å². The molecule has 0 saturated heterocycles. The van der Waals surface area contributed by atoms with Crippen LogP contribution in [-0.4, -0.2) is 37.6 Å². The van der Waals surface area contributed by atoms with Gasteiger partial charge in [0.05, 0.1) is 0 Å². The van der Waals surface area contributed by atoms with E-state index in [2.05, 4.69) is 38.2 Å². The topological polar surface area (TPSA) is 15.3 Å². The summed E-state index contributed by atoms with van der Waals surface area (Å²) in [6, 6.07) is 5.96. The van der Waals surface area contributed by atoms with Crippen LogP contribution in [0.15, 0.2) is 18.2 Å². The molecule has 1 N–H and O–H groups in total. The van der Waals surface area contributed by atoms with E-state index in [0.717, 1.165) is 28.5 Å². The van der Waals surface area contributed by atoms with Crippen molar-refractivity contribution in [2.45, 2.75) is 38.3 Å². The molecule has 2 nitrogen and oxygen atoms in total. The molecule has 0 radical (unpaired) electrons. The highest BCUT2D eigenvalue weighted by Crippen LogP contribution is 2.27. The maximum Gasteiger partial charge on any atom is 0.0439 e. The molecule has 2 atom stereocenters. The fourth-order valence-corrected chi connectivity index (χ4v) is 2.82. The van der Waals surface area contributed by atoms with Crippen molar-refractivity contribution in [3.8, 4) is 0 Å². The molecule has 2 unspecified atom stereocenters. The van der Waals surface area contributed by atoms with Gasteiger partial charge in [0.15, 0.2) is 0 Å². The summed E-state index contributed by atoms with van der Waals surface area (Å²) >= 11 is 12.3. The Hall–Kier alpha value is -0.280. The third kappa shape index (κ3) is 3.85. The minimum atomic E-state index is 0.0698. The summed E-state index contributed by atoms with van der Waals surface area (Å²) in [6.07, 6.45) is 1.92. The highest BCUT2D eigenvalue weighted by molar-refractivity contribution is 6.33. The van der Waals surface area contributed by atoms with Crippen LogP contribution in [0.3, 0.4) is 0 Å². The van der Waals surface area contributed by atoms with E-state index in [-0.39, 0.29) is 5.54 Å². The van der Waals surface area contributed by atoms with Gasteiger partial charge >= 0.3 is 0 Å². The Bertz CT molecular complexity index is 421.